The molecule has 0 spiro atoms. The Morgan fingerprint density at radius 2 is 1.89 bits per heavy atom. The summed E-state index contributed by atoms with van der Waals surface area (Å²) in [7, 11) is 1.92. The minimum atomic E-state index is 0.757. The maximum Gasteiger partial charge on any atom is 0.131 e. The van der Waals surface area contributed by atoms with Gasteiger partial charge < -0.3 is 10.1 Å². The van der Waals surface area contributed by atoms with Crippen LogP contribution in [0.25, 0.3) is 0 Å². The maximum atomic E-state index is 5.93. The number of nitrogens with one attached hydrogen (secondary N) is 1. The topological polar surface area (TPSA) is 21.3 Å². The summed E-state index contributed by atoms with van der Waals surface area (Å²) < 4.78 is 5.93. The van der Waals surface area contributed by atoms with Crippen LogP contribution in [0.15, 0.2) is 52.3 Å². The number of rotatable bonds is 5. The third kappa shape index (κ3) is 3.93. The second-order valence-corrected chi connectivity index (χ2v) is 5.50. The predicted octanol–water partition coefficient (Wildman–Crippen LogP) is 4.21. The molecule has 2 rings (SSSR count). The van der Waals surface area contributed by atoms with Gasteiger partial charge in [0.15, 0.2) is 0 Å². The van der Waals surface area contributed by atoms with E-state index in [1.54, 1.807) is 11.8 Å². The number of hydrogen-bond donors (Lipinski definition) is 2. The van der Waals surface area contributed by atoms with Crippen LogP contribution in [0.4, 0.5) is 0 Å². The third-order valence-corrected chi connectivity index (χ3v) is 3.72. The van der Waals surface area contributed by atoms with Gasteiger partial charge in [0.05, 0.1) is 0 Å². The molecule has 2 aromatic rings. The molecule has 0 heterocycles. The van der Waals surface area contributed by atoms with Crippen molar-refractivity contribution in [3.8, 4) is 11.5 Å². The van der Waals surface area contributed by atoms with Crippen LogP contribution >= 0.6 is 24.4 Å². The Hall–Kier alpha value is -1.10. The summed E-state index contributed by atoms with van der Waals surface area (Å²) in [6, 6.07) is 14.0. The van der Waals surface area contributed by atoms with Gasteiger partial charge in [0.1, 0.15) is 11.5 Å². The summed E-state index contributed by atoms with van der Waals surface area (Å²) >= 11 is 6.08. The summed E-state index contributed by atoms with van der Waals surface area (Å²) in [6.45, 7) is 0.757. The van der Waals surface area contributed by atoms with Crippen LogP contribution in [0.3, 0.4) is 0 Å². The highest BCUT2D eigenvalue weighted by atomic mass is 32.2. The standard InChI is InChI=1S/C15H17NOS2/c1-16-10-11-9-13(18)5-8-15(11)17-12-3-6-14(19-2)7-4-12/h3-9,16,18H,10H2,1-2H3. The zero-order valence-corrected chi connectivity index (χ0v) is 12.7. The van der Waals surface area contributed by atoms with E-state index in [0.717, 1.165) is 28.5 Å². The van der Waals surface area contributed by atoms with E-state index in [0.29, 0.717) is 0 Å². The van der Waals surface area contributed by atoms with E-state index >= 15 is 0 Å². The second-order valence-electron chi connectivity index (χ2n) is 4.10. The van der Waals surface area contributed by atoms with Crippen LogP contribution < -0.4 is 10.1 Å². The molecule has 0 atom stereocenters. The van der Waals surface area contributed by atoms with Crippen molar-refractivity contribution in [1.82, 2.24) is 5.32 Å². The molecule has 0 unspecified atom stereocenters. The molecule has 0 saturated heterocycles. The summed E-state index contributed by atoms with van der Waals surface area (Å²) in [5.74, 6) is 1.71. The molecule has 4 heteroatoms. The molecule has 1 N–H and O–H groups in total. The highest BCUT2D eigenvalue weighted by molar-refractivity contribution is 7.98. The third-order valence-electron chi connectivity index (χ3n) is 2.70. The summed E-state index contributed by atoms with van der Waals surface area (Å²) in [4.78, 5) is 2.17. The van der Waals surface area contributed by atoms with Gasteiger partial charge in [0.25, 0.3) is 0 Å². The zero-order valence-electron chi connectivity index (χ0n) is 11.0. The fourth-order valence-corrected chi connectivity index (χ4v) is 2.40. The Labute approximate surface area is 124 Å². The highest BCUT2D eigenvalue weighted by Crippen LogP contribution is 2.28. The van der Waals surface area contributed by atoms with Crippen molar-refractivity contribution in [2.24, 2.45) is 0 Å². The molecule has 0 aromatic heterocycles. The van der Waals surface area contributed by atoms with Gasteiger partial charge in [-0.2, -0.15) is 0 Å². The first-order valence-corrected chi connectivity index (χ1v) is 7.68. The van der Waals surface area contributed by atoms with Crippen LogP contribution in [0, 0.1) is 0 Å². The van der Waals surface area contributed by atoms with Crippen molar-refractivity contribution in [2.75, 3.05) is 13.3 Å². The van der Waals surface area contributed by atoms with Gasteiger partial charge in [-0.1, -0.05) is 0 Å². The zero-order chi connectivity index (χ0) is 13.7. The number of benzene rings is 2. The first-order valence-electron chi connectivity index (χ1n) is 6.01. The fourth-order valence-electron chi connectivity index (χ4n) is 1.76. The fraction of sp³-hybridized carbons (Fsp3) is 0.200. The average Bonchev–Trinajstić information content (AvgIpc) is 2.43. The predicted molar refractivity (Wildman–Crippen MR) is 84.8 cm³/mol. The van der Waals surface area contributed by atoms with Crippen LogP contribution in [0.5, 0.6) is 11.5 Å². The van der Waals surface area contributed by atoms with E-state index in [1.807, 2.05) is 37.4 Å². The van der Waals surface area contributed by atoms with Crippen molar-refractivity contribution >= 4 is 24.4 Å². The van der Waals surface area contributed by atoms with E-state index < -0.39 is 0 Å². The molecule has 0 fully saturated rings. The molecule has 0 aliphatic carbocycles. The number of thioether (sulfide) groups is 1. The van der Waals surface area contributed by atoms with Crippen LogP contribution in [0.2, 0.25) is 0 Å². The van der Waals surface area contributed by atoms with Gasteiger partial charge in [-0.3, -0.25) is 0 Å². The molecule has 2 aromatic carbocycles. The van der Waals surface area contributed by atoms with Gasteiger partial charge in [-0.05, 0) is 55.8 Å². The van der Waals surface area contributed by atoms with Crippen molar-refractivity contribution in [2.45, 2.75) is 16.3 Å². The highest BCUT2D eigenvalue weighted by Gasteiger charge is 2.05. The van der Waals surface area contributed by atoms with Gasteiger partial charge in [0, 0.05) is 21.9 Å². The van der Waals surface area contributed by atoms with E-state index in [4.69, 9.17) is 4.74 Å². The van der Waals surface area contributed by atoms with Crippen LogP contribution in [-0.2, 0) is 6.54 Å². The van der Waals surface area contributed by atoms with E-state index in [1.165, 1.54) is 4.90 Å². The van der Waals surface area contributed by atoms with Gasteiger partial charge in [-0.25, -0.2) is 0 Å². The normalized spacial score (nSPS) is 10.5. The first-order chi connectivity index (χ1) is 9.22. The van der Waals surface area contributed by atoms with Crippen molar-refractivity contribution < 1.29 is 4.74 Å². The maximum absolute atomic E-state index is 5.93. The average molecular weight is 291 g/mol. The Balaban J connectivity index is 2.21. The Bertz CT molecular complexity index is 540. The quantitative estimate of drug-likeness (QED) is 0.636. The second kappa shape index (κ2) is 6.89. The van der Waals surface area contributed by atoms with Crippen LogP contribution in [-0.4, -0.2) is 13.3 Å². The minimum Gasteiger partial charge on any atom is -0.457 e. The largest absolute Gasteiger partial charge is 0.457 e. The molecule has 0 amide bonds. The Morgan fingerprint density at radius 1 is 1.16 bits per heavy atom. The monoisotopic (exact) mass is 291 g/mol. The molecule has 2 nitrogen and oxygen atoms in total. The molecule has 0 aliphatic rings. The van der Waals surface area contributed by atoms with Crippen molar-refractivity contribution in [3.63, 3.8) is 0 Å². The van der Waals surface area contributed by atoms with Gasteiger partial charge >= 0.3 is 0 Å². The van der Waals surface area contributed by atoms with Crippen LogP contribution in [0.1, 0.15) is 5.56 Å². The molecule has 0 saturated carbocycles. The number of ether oxygens (including phenoxy) is 1. The van der Waals surface area contributed by atoms with E-state index in [2.05, 4.69) is 36.3 Å². The summed E-state index contributed by atoms with van der Waals surface area (Å²) in [5, 5.41) is 3.14. The molecule has 0 bridgehead atoms. The summed E-state index contributed by atoms with van der Waals surface area (Å²) in [5.41, 5.74) is 1.10. The Kier molecular flexibility index (Phi) is 5.19. The lowest BCUT2D eigenvalue weighted by Gasteiger charge is -2.12. The minimum absolute atomic E-state index is 0.757. The lowest BCUT2D eigenvalue weighted by atomic mass is 10.2. The van der Waals surface area contributed by atoms with E-state index in [9.17, 15) is 0 Å². The smallest absolute Gasteiger partial charge is 0.131 e. The number of thiol groups is 1. The molecular weight excluding hydrogens is 274 g/mol. The molecule has 100 valence electrons. The van der Waals surface area contributed by atoms with Gasteiger partial charge in [-0.15, -0.1) is 24.4 Å². The lowest BCUT2D eigenvalue weighted by molar-refractivity contribution is 0.473. The SMILES string of the molecule is CNCc1cc(S)ccc1Oc1ccc(SC)cc1. The van der Waals surface area contributed by atoms with Crippen molar-refractivity contribution in [1.29, 1.82) is 0 Å². The van der Waals surface area contributed by atoms with Crippen molar-refractivity contribution in [3.05, 3.63) is 48.0 Å². The molecule has 0 aliphatic heterocycles. The molecule has 0 radical (unpaired) electrons. The first kappa shape index (κ1) is 14.3. The molecular formula is C15H17NOS2. The Morgan fingerprint density at radius 3 is 2.53 bits per heavy atom. The number of hydrogen-bond acceptors (Lipinski definition) is 4. The lowest BCUT2D eigenvalue weighted by Crippen LogP contribution is -2.06. The molecule has 19 heavy (non-hydrogen) atoms. The van der Waals surface area contributed by atoms with Gasteiger partial charge in [0.2, 0.25) is 0 Å². The van der Waals surface area contributed by atoms with E-state index in [-0.39, 0.29) is 0 Å². The summed E-state index contributed by atoms with van der Waals surface area (Å²) in [6.07, 6.45) is 2.06.